The molecule has 0 aromatic rings. The zero-order valence-corrected chi connectivity index (χ0v) is 17.8. The highest BCUT2D eigenvalue weighted by molar-refractivity contribution is 5.36. The average Bonchev–Trinajstić information content (AvgIpc) is 3.21. The molecule has 1 saturated heterocycles. The lowest BCUT2D eigenvalue weighted by Crippen LogP contribution is -2.52. The third kappa shape index (κ3) is 2.51. The molecule has 2 heteroatoms. The van der Waals surface area contributed by atoms with E-state index in [4.69, 9.17) is 4.74 Å². The molecule has 150 valence electrons. The maximum absolute atomic E-state index is 10.3. The number of fused-ring (bicyclic) bond motifs is 5. The largest absolute Gasteiger partial charge is 0.393 e. The van der Waals surface area contributed by atoms with E-state index in [0.717, 1.165) is 37.2 Å². The zero-order valence-electron chi connectivity index (χ0n) is 17.8. The fraction of sp³-hybridized carbons (Fsp3) is 0.840. The minimum absolute atomic E-state index is 0.108. The van der Waals surface area contributed by atoms with E-state index in [-0.39, 0.29) is 6.10 Å². The molecule has 0 amide bonds. The van der Waals surface area contributed by atoms with Gasteiger partial charge in [0, 0.05) is 6.61 Å². The molecule has 1 heterocycles. The molecule has 0 spiro atoms. The van der Waals surface area contributed by atoms with Crippen LogP contribution in [-0.4, -0.2) is 23.9 Å². The van der Waals surface area contributed by atoms with Crippen molar-refractivity contribution in [1.82, 2.24) is 0 Å². The Balaban J connectivity index is 1.51. The van der Waals surface area contributed by atoms with Crippen LogP contribution in [0.2, 0.25) is 0 Å². The van der Waals surface area contributed by atoms with E-state index < -0.39 is 0 Å². The minimum Gasteiger partial charge on any atom is -0.393 e. The van der Waals surface area contributed by atoms with E-state index in [1.165, 1.54) is 38.5 Å². The molecule has 4 aliphatic carbocycles. The van der Waals surface area contributed by atoms with Gasteiger partial charge < -0.3 is 9.84 Å². The molecule has 1 N–H and O–H groups in total. The number of aliphatic hydroxyl groups is 1. The van der Waals surface area contributed by atoms with Crippen molar-refractivity contribution in [2.45, 2.75) is 91.3 Å². The van der Waals surface area contributed by atoms with Gasteiger partial charge in [-0.3, -0.25) is 0 Å². The Bertz CT molecular complexity index is 684. The Morgan fingerprint density at radius 3 is 2.56 bits per heavy atom. The van der Waals surface area contributed by atoms with Crippen LogP contribution in [0.1, 0.15) is 79.1 Å². The topological polar surface area (TPSA) is 29.5 Å². The Morgan fingerprint density at radius 2 is 1.81 bits per heavy atom. The summed E-state index contributed by atoms with van der Waals surface area (Å²) in [5.41, 5.74) is 5.62. The van der Waals surface area contributed by atoms with Crippen LogP contribution in [0.3, 0.4) is 0 Å². The fourth-order valence-corrected chi connectivity index (χ4v) is 8.41. The van der Waals surface area contributed by atoms with Crippen molar-refractivity contribution >= 4 is 0 Å². The quantitative estimate of drug-likeness (QED) is 0.603. The van der Waals surface area contributed by atoms with Crippen molar-refractivity contribution in [2.75, 3.05) is 6.61 Å². The molecule has 0 radical (unpaired) electrons. The van der Waals surface area contributed by atoms with Gasteiger partial charge in [0.05, 0.1) is 12.2 Å². The van der Waals surface area contributed by atoms with Gasteiger partial charge in [-0.15, -0.1) is 0 Å². The monoisotopic (exact) mass is 370 g/mol. The van der Waals surface area contributed by atoms with Crippen LogP contribution in [0.25, 0.3) is 0 Å². The first-order chi connectivity index (χ1) is 12.8. The van der Waals surface area contributed by atoms with Crippen molar-refractivity contribution in [3.8, 4) is 0 Å². The standard InChI is InChI=1S/C25H38O2/c1-15-12-17-14-18(26)7-9-24(17,3)19-8-10-25(4)20(22(15)19)13-16(2)23(25)21-6-5-11-27-21/h12,15,18-22,26H,5-11,13-14H2,1-4H3/t15?,18?,19-,20+,21?,22-,24+,25+/m1/s1. The lowest BCUT2D eigenvalue weighted by molar-refractivity contribution is -0.0532. The lowest BCUT2D eigenvalue weighted by Gasteiger charge is -2.59. The molecule has 0 bridgehead atoms. The molecule has 8 atom stereocenters. The molecular weight excluding hydrogens is 332 g/mol. The summed E-state index contributed by atoms with van der Waals surface area (Å²) in [4.78, 5) is 0. The van der Waals surface area contributed by atoms with Crippen LogP contribution in [0.5, 0.6) is 0 Å². The van der Waals surface area contributed by atoms with Crippen molar-refractivity contribution < 1.29 is 9.84 Å². The van der Waals surface area contributed by atoms with Crippen molar-refractivity contribution in [3.63, 3.8) is 0 Å². The molecule has 3 fully saturated rings. The first-order valence-electron chi connectivity index (χ1n) is 11.6. The van der Waals surface area contributed by atoms with Gasteiger partial charge in [0.15, 0.2) is 0 Å². The second-order valence-electron chi connectivity index (χ2n) is 11.0. The fourth-order valence-electron chi connectivity index (χ4n) is 8.41. The Kier molecular flexibility index (Phi) is 4.23. The summed E-state index contributed by atoms with van der Waals surface area (Å²) in [5.74, 6) is 3.02. The second kappa shape index (κ2) is 6.20. The van der Waals surface area contributed by atoms with Crippen LogP contribution in [-0.2, 0) is 4.74 Å². The summed E-state index contributed by atoms with van der Waals surface area (Å²) in [7, 11) is 0. The van der Waals surface area contributed by atoms with E-state index in [1.807, 2.05) is 0 Å². The van der Waals surface area contributed by atoms with E-state index in [2.05, 4.69) is 33.8 Å². The number of hydrogen-bond acceptors (Lipinski definition) is 2. The second-order valence-corrected chi connectivity index (χ2v) is 11.0. The molecule has 3 unspecified atom stereocenters. The Hall–Kier alpha value is -0.600. The van der Waals surface area contributed by atoms with Gasteiger partial charge in [0.25, 0.3) is 0 Å². The average molecular weight is 371 g/mol. The lowest BCUT2D eigenvalue weighted by atomic mass is 9.45. The van der Waals surface area contributed by atoms with Gasteiger partial charge in [0.2, 0.25) is 0 Å². The highest BCUT2D eigenvalue weighted by Crippen LogP contribution is 2.67. The summed E-state index contributed by atoms with van der Waals surface area (Å²) in [6.45, 7) is 10.9. The molecule has 5 aliphatic rings. The molecule has 0 aromatic carbocycles. The Labute approximate surface area is 165 Å². The van der Waals surface area contributed by atoms with Crippen molar-refractivity contribution in [3.05, 3.63) is 22.8 Å². The maximum Gasteiger partial charge on any atom is 0.0793 e. The number of rotatable bonds is 1. The summed E-state index contributed by atoms with van der Waals surface area (Å²) < 4.78 is 6.20. The molecule has 2 nitrogen and oxygen atoms in total. The van der Waals surface area contributed by atoms with Crippen molar-refractivity contribution in [2.24, 2.45) is 34.5 Å². The van der Waals surface area contributed by atoms with Crippen LogP contribution in [0.15, 0.2) is 22.8 Å². The normalized spacial score (nSPS) is 52.3. The number of ether oxygens (including phenoxy) is 1. The number of hydrogen-bond donors (Lipinski definition) is 1. The van der Waals surface area contributed by atoms with E-state index in [9.17, 15) is 5.11 Å². The van der Waals surface area contributed by atoms with E-state index >= 15 is 0 Å². The van der Waals surface area contributed by atoms with Gasteiger partial charge in [-0.25, -0.2) is 0 Å². The van der Waals surface area contributed by atoms with Gasteiger partial charge in [0.1, 0.15) is 0 Å². The van der Waals surface area contributed by atoms with Crippen molar-refractivity contribution in [1.29, 1.82) is 0 Å². The molecule has 2 saturated carbocycles. The van der Waals surface area contributed by atoms with Gasteiger partial charge >= 0.3 is 0 Å². The summed E-state index contributed by atoms with van der Waals surface area (Å²) in [6, 6.07) is 0. The predicted octanol–water partition coefficient (Wildman–Crippen LogP) is 5.66. The third-order valence-electron chi connectivity index (χ3n) is 9.65. The van der Waals surface area contributed by atoms with Gasteiger partial charge in [-0.05, 0) is 98.4 Å². The molecule has 0 aromatic heterocycles. The summed E-state index contributed by atoms with van der Waals surface area (Å²) in [6.07, 6.45) is 12.4. The highest BCUT2D eigenvalue weighted by Gasteiger charge is 2.59. The summed E-state index contributed by atoms with van der Waals surface area (Å²) in [5, 5.41) is 10.3. The number of aliphatic hydroxyl groups excluding tert-OH is 1. The molecule has 1 aliphatic heterocycles. The van der Waals surface area contributed by atoms with Gasteiger partial charge in [-0.2, -0.15) is 0 Å². The van der Waals surface area contributed by atoms with Crippen LogP contribution < -0.4 is 0 Å². The molecule has 27 heavy (non-hydrogen) atoms. The molecule has 5 rings (SSSR count). The first-order valence-corrected chi connectivity index (χ1v) is 11.6. The van der Waals surface area contributed by atoms with Crippen LogP contribution in [0, 0.1) is 34.5 Å². The highest BCUT2D eigenvalue weighted by atomic mass is 16.5. The molecular formula is C25H38O2. The summed E-state index contributed by atoms with van der Waals surface area (Å²) >= 11 is 0. The van der Waals surface area contributed by atoms with Gasteiger partial charge in [-0.1, -0.05) is 38.0 Å². The number of allylic oxidation sites excluding steroid dienone is 2. The predicted molar refractivity (Wildman–Crippen MR) is 109 cm³/mol. The Morgan fingerprint density at radius 1 is 1.04 bits per heavy atom. The van der Waals surface area contributed by atoms with E-state index in [1.54, 1.807) is 16.7 Å². The minimum atomic E-state index is -0.108. The van der Waals surface area contributed by atoms with Crippen LogP contribution >= 0.6 is 0 Å². The smallest absolute Gasteiger partial charge is 0.0793 e. The van der Waals surface area contributed by atoms with Crippen LogP contribution in [0.4, 0.5) is 0 Å². The van der Waals surface area contributed by atoms with E-state index in [0.29, 0.717) is 22.9 Å². The third-order valence-corrected chi connectivity index (χ3v) is 9.65. The SMILES string of the molecule is CC1=C(C2CCCO2)[C@@]2(C)CC[C@@H]3[C@@H](C(C)C=C4CC(O)CC[C@@]43C)[C@@H]2C1. The zero-order chi connectivity index (χ0) is 19.0. The maximum atomic E-state index is 10.3. The first kappa shape index (κ1) is 18.4.